The summed E-state index contributed by atoms with van der Waals surface area (Å²) in [6, 6.07) is 6.28. The van der Waals surface area contributed by atoms with E-state index in [1.807, 2.05) is 23.6 Å². The third kappa shape index (κ3) is 2.97. The Labute approximate surface area is 131 Å². The number of hydrogen-bond acceptors (Lipinski definition) is 3. The van der Waals surface area contributed by atoms with Gasteiger partial charge in [0.1, 0.15) is 11.6 Å². The topological polar surface area (TPSA) is 37.4 Å². The van der Waals surface area contributed by atoms with E-state index in [2.05, 4.69) is 0 Å². The molecule has 0 fully saturated rings. The maximum Gasteiger partial charge on any atom is 0.243 e. The Morgan fingerprint density at radius 3 is 2.41 bits per heavy atom. The van der Waals surface area contributed by atoms with Crippen LogP contribution in [-0.4, -0.2) is 25.8 Å². The summed E-state index contributed by atoms with van der Waals surface area (Å²) in [5.74, 6) is -1.80. The van der Waals surface area contributed by atoms with Gasteiger partial charge >= 0.3 is 0 Å². The third-order valence-corrected chi connectivity index (χ3v) is 6.27. The molecule has 1 aromatic carbocycles. The molecule has 1 aliphatic rings. The molecule has 0 saturated heterocycles. The molecular weight excluding hydrogens is 328 g/mol. The van der Waals surface area contributed by atoms with Gasteiger partial charge in [0.15, 0.2) is 0 Å². The number of thiophene rings is 1. The summed E-state index contributed by atoms with van der Waals surface area (Å²) in [7, 11) is -3.89. The van der Waals surface area contributed by atoms with Crippen molar-refractivity contribution in [1.29, 1.82) is 0 Å². The normalized spacial score (nSPS) is 16.5. The van der Waals surface area contributed by atoms with Gasteiger partial charge in [-0.25, -0.2) is 17.2 Å². The summed E-state index contributed by atoms with van der Waals surface area (Å²) in [5, 5.41) is 1.97. The second-order valence-electron chi connectivity index (χ2n) is 4.92. The second-order valence-corrected chi connectivity index (χ2v) is 7.81. The summed E-state index contributed by atoms with van der Waals surface area (Å²) in [5.41, 5.74) is 1.10. The molecular formula is C15H13F2NO2S2. The molecule has 0 aliphatic carbocycles. The summed E-state index contributed by atoms with van der Waals surface area (Å²) in [6.45, 7) is 0.498. The standard InChI is InChI=1S/C15H13F2NO2S2/c16-12-8-13(17)10-14(9-12)22(19,20)18-5-3-11(4-6-18)15-2-1-7-21-15/h1-3,7-10H,4-6H2. The zero-order valence-corrected chi connectivity index (χ0v) is 13.1. The quantitative estimate of drug-likeness (QED) is 0.857. The van der Waals surface area contributed by atoms with Crippen molar-refractivity contribution >= 4 is 26.9 Å². The van der Waals surface area contributed by atoms with Crippen LogP contribution in [0.4, 0.5) is 8.78 Å². The van der Waals surface area contributed by atoms with Crippen LogP contribution < -0.4 is 0 Å². The van der Waals surface area contributed by atoms with Gasteiger partial charge in [-0.2, -0.15) is 4.31 Å². The van der Waals surface area contributed by atoms with E-state index in [0.29, 0.717) is 19.0 Å². The molecule has 0 radical (unpaired) electrons. The van der Waals surface area contributed by atoms with Crippen LogP contribution >= 0.6 is 11.3 Å². The highest BCUT2D eigenvalue weighted by atomic mass is 32.2. The van der Waals surface area contributed by atoms with Crippen molar-refractivity contribution in [1.82, 2.24) is 4.31 Å². The monoisotopic (exact) mass is 341 g/mol. The van der Waals surface area contributed by atoms with Crippen LogP contribution in [0, 0.1) is 11.6 Å². The molecule has 0 N–H and O–H groups in total. The van der Waals surface area contributed by atoms with Gasteiger partial charge in [0.05, 0.1) is 4.90 Å². The van der Waals surface area contributed by atoms with Crippen LogP contribution in [0.15, 0.2) is 46.7 Å². The lowest BCUT2D eigenvalue weighted by Gasteiger charge is -2.25. The SMILES string of the molecule is O=S(=O)(c1cc(F)cc(F)c1)N1CC=C(c2cccs2)CC1. The molecule has 0 saturated carbocycles. The molecule has 1 aromatic heterocycles. The van der Waals surface area contributed by atoms with Crippen molar-refractivity contribution in [2.24, 2.45) is 0 Å². The van der Waals surface area contributed by atoms with E-state index < -0.39 is 21.7 Å². The van der Waals surface area contributed by atoms with Gasteiger partial charge in [0, 0.05) is 24.0 Å². The summed E-state index contributed by atoms with van der Waals surface area (Å²) in [6.07, 6.45) is 2.43. The fourth-order valence-electron chi connectivity index (χ4n) is 2.38. The first-order valence-corrected chi connectivity index (χ1v) is 8.98. The van der Waals surface area contributed by atoms with Crippen LogP contribution in [0.25, 0.3) is 5.57 Å². The highest BCUT2D eigenvalue weighted by Gasteiger charge is 2.27. The lowest BCUT2D eigenvalue weighted by molar-refractivity contribution is 0.440. The number of nitrogens with zero attached hydrogens (tertiary/aromatic N) is 1. The van der Waals surface area contributed by atoms with Crippen molar-refractivity contribution in [2.75, 3.05) is 13.1 Å². The van der Waals surface area contributed by atoms with Gasteiger partial charge in [-0.1, -0.05) is 12.1 Å². The van der Waals surface area contributed by atoms with E-state index in [-0.39, 0.29) is 11.4 Å². The van der Waals surface area contributed by atoms with Crippen molar-refractivity contribution in [3.63, 3.8) is 0 Å². The zero-order valence-electron chi connectivity index (χ0n) is 11.5. The van der Waals surface area contributed by atoms with Gasteiger partial charge < -0.3 is 0 Å². The van der Waals surface area contributed by atoms with Crippen LogP contribution in [0.5, 0.6) is 0 Å². The molecule has 0 amide bonds. The molecule has 1 aliphatic heterocycles. The van der Waals surface area contributed by atoms with Crippen molar-refractivity contribution in [3.8, 4) is 0 Å². The van der Waals surface area contributed by atoms with Gasteiger partial charge in [-0.3, -0.25) is 0 Å². The first-order chi connectivity index (χ1) is 10.5. The highest BCUT2D eigenvalue weighted by Crippen LogP contribution is 2.28. The maximum atomic E-state index is 13.2. The van der Waals surface area contributed by atoms with E-state index in [0.717, 1.165) is 22.6 Å². The second kappa shape index (κ2) is 5.91. The largest absolute Gasteiger partial charge is 0.243 e. The molecule has 0 spiro atoms. The van der Waals surface area contributed by atoms with E-state index in [1.165, 1.54) is 4.31 Å². The van der Waals surface area contributed by atoms with E-state index in [1.54, 1.807) is 11.3 Å². The number of halogens is 2. The molecule has 2 heterocycles. The minimum absolute atomic E-state index is 0.202. The first kappa shape index (κ1) is 15.3. The molecule has 7 heteroatoms. The fraction of sp³-hybridized carbons (Fsp3) is 0.200. The average Bonchev–Trinajstić information content (AvgIpc) is 3.00. The highest BCUT2D eigenvalue weighted by molar-refractivity contribution is 7.89. The molecule has 0 bridgehead atoms. The third-order valence-electron chi connectivity index (χ3n) is 3.48. The Kier molecular flexibility index (Phi) is 4.12. The number of rotatable bonds is 3. The molecule has 116 valence electrons. The van der Waals surface area contributed by atoms with Crippen LogP contribution in [0.2, 0.25) is 0 Å². The van der Waals surface area contributed by atoms with Crippen molar-refractivity contribution in [2.45, 2.75) is 11.3 Å². The lowest BCUT2D eigenvalue weighted by Crippen LogP contribution is -2.34. The molecule has 3 nitrogen and oxygen atoms in total. The molecule has 3 rings (SSSR count). The molecule has 22 heavy (non-hydrogen) atoms. The minimum atomic E-state index is -3.89. The first-order valence-electron chi connectivity index (χ1n) is 6.66. The number of benzene rings is 1. The fourth-order valence-corrected chi connectivity index (χ4v) is 4.60. The average molecular weight is 341 g/mol. The van der Waals surface area contributed by atoms with Crippen molar-refractivity contribution in [3.05, 3.63) is 58.3 Å². The number of sulfonamides is 1. The van der Waals surface area contributed by atoms with E-state index >= 15 is 0 Å². The van der Waals surface area contributed by atoms with Gasteiger partial charge in [-0.15, -0.1) is 11.3 Å². The summed E-state index contributed by atoms with van der Waals surface area (Å²) < 4.78 is 52.6. The summed E-state index contributed by atoms with van der Waals surface area (Å²) in [4.78, 5) is 0.770. The van der Waals surface area contributed by atoms with Crippen LogP contribution in [0.3, 0.4) is 0 Å². The smallest absolute Gasteiger partial charge is 0.207 e. The van der Waals surface area contributed by atoms with Gasteiger partial charge in [0.25, 0.3) is 0 Å². The number of hydrogen-bond donors (Lipinski definition) is 0. The Hall–Kier alpha value is -1.57. The van der Waals surface area contributed by atoms with Gasteiger partial charge in [-0.05, 0) is 35.6 Å². The zero-order chi connectivity index (χ0) is 15.7. The lowest BCUT2D eigenvalue weighted by atomic mass is 10.1. The van der Waals surface area contributed by atoms with Crippen LogP contribution in [0.1, 0.15) is 11.3 Å². The summed E-state index contributed by atoms with van der Waals surface area (Å²) >= 11 is 1.60. The molecule has 0 atom stereocenters. The maximum absolute atomic E-state index is 13.2. The van der Waals surface area contributed by atoms with Gasteiger partial charge in [0.2, 0.25) is 10.0 Å². The predicted molar refractivity (Wildman–Crippen MR) is 82.0 cm³/mol. The minimum Gasteiger partial charge on any atom is -0.207 e. The van der Waals surface area contributed by atoms with E-state index in [4.69, 9.17) is 0 Å². The molecule has 2 aromatic rings. The van der Waals surface area contributed by atoms with Crippen LogP contribution in [-0.2, 0) is 10.0 Å². The predicted octanol–water partition coefficient (Wildman–Crippen LogP) is 3.50. The Morgan fingerprint density at radius 2 is 1.86 bits per heavy atom. The Bertz CT molecular complexity index is 794. The van der Waals surface area contributed by atoms with Crippen molar-refractivity contribution < 1.29 is 17.2 Å². The molecule has 0 unspecified atom stereocenters. The van der Waals surface area contributed by atoms with E-state index in [9.17, 15) is 17.2 Å². The Balaban J connectivity index is 1.86. The Morgan fingerprint density at radius 1 is 1.14 bits per heavy atom.